The van der Waals surface area contributed by atoms with Gasteiger partial charge in [0.1, 0.15) is 11.6 Å². The maximum Gasteiger partial charge on any atom is 0.258 e. The average molecular weight is 526 g/mol. The van der Waals surface area contributed by atoms with E-state index in [1.54, 1.807) is 6.07 Å². The lowest BCUT2D eigenvalue weighted by Crippen LogP contribution is -2.55. The van der Waals surface area contributed by atoms with Gasteiger partial charge in [-0.3, -0.25) is 14.5 Å². The molecule has 1 saturated carbocycles. The number of nitrogens with zero attached hydrogens (tertiary/aromatic N) is 1. The average Bonchev–Trinajstić information content (AvgIpc) is 2.91. The summed E-state index contributed by atoms with van der Waals surface area (Å²) in [5.74, 6) is 0.390. The molecule has 2 aliphatic rings. The second kappa shape index (κ2) is 13.7. The number of β-amino-alcohol motifs (C(OH)–C–C–N with tert-alkyl or cyclic N) is 1. The molecule has 1 aliphatic carbocycles. The van der Waals surface area contributed by atoms with Crippen molar-refractivity contribution in [2.24, 2.45) is 11.8 Å². The Morgan fingerprint density at radius 2 is 1.84 bits per heavy atom. The Morgan fingerprint density at radius 1 is 1.08 bits per heavy atom. The molecule has 2 aromatic carbocycles. The second-order valence-electron chi connectivity index (χ2n) is 10.8. The number of hydrogen-bond donors (Lipinski definition) is 3. The fourth-order valence-electron chi connectivity index (χ4n) is 5.87. The zero-order chi connectivity index (χ0) is 26.9. The molecule has 3 N–H and O–H groups in total. The molecule has 0 spiro atoms. The van der Waals surface area contributed by atoms with Crippen molar-refractivity contribution in [3.05, 3.63) is 66.0 Å². The van der Waals surface area contributed by atoms with E-state index in [-0.39, 0.29) is 24.8 Å². The second-order valence-corrected chi connectivity index (χ2v) is 10.8. The van der Waals surface area contributed by atoms with Gasteiger partial charge in [0.25, 0.3) is 5.91 Å². The van der Waals surface area contributed by atoms with Crippen LogP contribution in [0.4, 0.5) is 4.39 Å². The third kappa shape index (κ3) is 8.27. The first-order valence-electron chi connectivity index (χ1n) is 13.8. The molecule has 2 fully saturated rings. The van der Waals surface area contributed by atoms with Crippen molar-refractivity contribution in [1.29, 1.82) is 0 Å². The number of benzene rings is 2. The van der Waals surface area contributed by atoms with Crippen molar-refractivity contribution in [1.82, 2.24) is 15.5 Å². The summed E-state index contributed by atoms with van der Waals surface area (Å²) < 4.78 is 18.6. The van der Waals surface area contributed by atoms with Crippen LogP contribution in [0.3, 0.4) is 0 Å². The van der Waals surface area contributed by atoms with Crippen LogP contribution in [0.15, 0.2) is 54.6 Å². The number of fused-ring (bicyclic) bond motifs is 1. The Morgan fingerprint density at radius 3 is 2.61 bits per heavy atom. The molecule has 8 heteroatoms. The number of carbonyl (C=O) groups is 2. The number of aliphatic hydroxyl groups is 1. The van der Waals surface area contributed by atoms with Crippen molar-refractivity contribution in [3.63, 3.8) is 0 Å². The highest BCUT2D eigenvalue weighted by Gasteiger charge is 2.36. The third-order valence-electron chi connectivity index (χ3n) is 7.95. The number of carbonyl (C=O) groups excluding carboxylic acids is 2. The van der Waals surface area contributed by atoms with Crippen molar-refractivity contribution < 1.29 is 23.8 Å². The minimum atomic E-state index is -0.756. The van der Waals surface area contributed by atoms with Crippen LogP contribution in [0, 0.1) is 17.7 Å². The summed E-state index contributed by atoms with van der Waals surface area (Å²) in [6.07, 6.45) is 6.09. The van der Waals surface area contributed by atoms with E-state index in [2.05, 4.69) is 22.5 Å². The zero-order valence-electron chi connectivity index (χ0n) is 22.2. The zero-order valence-corrected chi connectivity index (χ0v) is 22.2. The molecule has 5 unspecified atom stereocenters. The van der Waals surface area contributed by atoms with Crippen molar-refractivity contribution in [2.45, 2.75) is 63.6 Å². The van der Waals surface area contributed by atoms with Crippen LogP contribution in [0.25, 0.3) is 0 Å². The van der Waals surface area contributed by atoms with E-state index in [1.807, 2.05) is 30.3 Å². The van der Waals surface area contributed by atoms with E-state index in [0.29, 0.717) is 24.9 Å². The van der Waals surface area contributed by atoms with Crippen molar-refractivity contribution in [2.75, 3.05) is 26.2 Å². The Kier molecular flexibility index (Phi) is 10.1. The van der Waals surface area contributed by atoms with Gasteiger partial charge in [-0.2, -0.15) is 0 Å². The fourth-order valence-corrected chi connectivity index (χ4v) is 5.87. The lowest BCUT2D eigenvalue weighted by atomic mass is 9.73. The molecule has 38 heavy (non-hydrogen) atoms. The van der Waals surface area contributed by atoms with Crippen LogP contribution >= 0.6 is 0 Å². The predicted molar refractivity (Wildman–Crippen MR) is 144 cm³/mol. The summed E-state index contributed by atoms with van der Waals surface area (Å²) in [5.41, 5.74) is 1.02. The van der Waals surface area contributed by atoms with Crippen molar-refractivity contribution in [3.8, 4) is 5.75 Å². The summed E-state index contributed by atoms with van der Waals surface area (Å²) in [5, 5.41) is 16.8. The van der Waals surface area contributed by atoms with E-state index >= 15 is 0 Å². The lowest BCUT2D eigenvalue weighted by Gasteiger charge is -2.46. The molecule has 0 radical (unpaired) electrons. The third-order valence-corrected chi connectivity index (χ3v) is 7.95. The number of amides is 2. The molecule has 206 valence electrons. The number of halogens is 1. The summed E-state index contributed by atoms with van der Waals surface area (Å²) in [4.78, 5) is 27.3. The van der Waals surface area contributed by atoms with Gasteiger partial charge in [-0.1, -0.05) is 55.7 Å². The summed E-state index contributed by atoms with van der Waals surface area (Å²) in [7, 11) is 0. The number of hydrogen-bond acceptors (Lipinski definition) is 5. The van der Waals surface area contributed by atoms with Crippen molar-refractivity contribution >= 4 is 11.8 Å². The lowest BCUT2D eigenvalue weighted by molar-refractivity contribution is -0.128. The first kappa shape index (κ1) is 28.0. The van der Waals surface area contributed by atoms with Gasteiger partial charge in [-0.25, -0.2) is 4.39 Å². The molecular formula is C30H40FN3O4. The van der Waals surface area contributed by atoms with Crippen LogP contribution in [-0.2, 0) is 16.0 Å². The number of piperidine rings is 1. The van der Waals surface area contributed by atoms with Crippen LogP contribution in [-0.4, -0.2) is 66.2 Å². The monoisotopic (exact) mass is 525 g/mol. The summed E-state index contributed by atoms with van der Waals surface area (Å²) in [6.45, 7) is 3.16. The van der Waals surface area contributed by atoms with Crippen LogP contribution in [0.2, 0.25) is 0 Å². The molecule has 1 heterocycles. The number of likely N-dealkylation sites (tertiary alicyclic amines) is 1. The minimum absolute atomic E-state index is 0.238. The van der Waals surface area contributed by atoms with Gasteiger partial charge in [-0.15, -0.1) is 0 Å². The first-order valence-corrected chi connectivity index (χ1v) is 13.8. The van der Waals surface area contributed by atoms with E-state index in [1.165, 1.54) is 43.9 Å². The Bertz CT molecular complexity index is 1050. The molecule has 0 aromatic heterocycles. The SMILES string of the molecule is CC1CC2CCCCC2CN1CC(O)C(Cc1ccccc1)NC(=O)CNC(=O)COc1cccc(F)c1. The number of aliphatic hydroxyl groups excluding tert-OH is 1. The number of rotatable bonds is 11. The molecule has 7 nitrogen and oxygen atoms in total. The van der Waals surface area contributed by atoms with Crippen LogP contribution in [0.1, 0.15) is 44.6 Å². The Hall–Kier alpha value is -2.97. The maximum absolute atomic E-state index is 13.3. The predicted octanol–water partition coefficient (Wildman–Crippen LogP) is 3.31. The van der Waals surface area contributed by atoms with Gasteiger partial charge in [0.15, 0.2) is 6.61 Å². The van der Waals surface area contributed by atoms with Crippen LogP contribution < -0.4 is 15.4 Å². The highest BCUT2D eigenvalue weighted by Crippen LogP contribution is 2.38. The van der Waals surface area contributed by atoms with E-state index in [9.17, 15) is 19.1 Å². The molecule has 5 atom stereocenters. The molecule has 1 aliphatic heterocycles. The van der Waals surface area contributed by atoms with Gasteiger partial charge in [0.2, 0.25) is 5.91 Å². The number of nitrogens with one attached hydrogen (secondary N) is 2. The largest absolute Gasteiger partial charge is 0.484 e. The van der Waals surface area contributed by atoms with Gasteiger partial charge >= 0.3 is 0 Å². The molecule has 2 aromatic rings. The Labute approximate surface area is 224 Å². The van der Waals surface area contributed by atoms with Gasteiger partial charge in [-0.05, 0) is 55.7 Å². The number of ether oxygens (including phenoxy) is 1. The summed E-state index contributed by atoms with van der Waals surface area (Å²) in [6, 6.07) is 15.2. The van der Waals surface area contributed by atoms with Gasteiger partial charge in [0, 0.05) is 25.2 Å². The highest BCUT2D eigenvalue weighted by molar-refractivity contribution is 5.85. The smallest absolute Gasteiger partial charge is 0.258 e. The minimum Gasteiger partial charge on any atom is -0.484 e. The fraction of sp³-hybridized carbons (Fsp3) is 0.533. The quantitative estimate of drug-likeness (QED) is 0.419. The van der Waals surface area contributed by atoms with E-state index in [4.69, 9.17) is 4.74 Å². The first-order chi connectivity index (χ1) is 18.4. The van der Waals surface area contributed by atoms with E-state index < -0.39 is 23.9 Å². The van der Waals surface area contributed by atoms with E-state index in [0.717, 1.165) is 24.4 Å². The standard InChI is InChI=1S/C30H40FN3O4/c1-21-14-23-10-5-6-11-24(23)18-34(21)19-28(35)27(15-22-8-3-2-4-9-22)33-29(36)17-32-30(37)20-38-26-13-7-12-25(31)16-26/h2-4,7-9,12-13,16,21,23-24,27-28,35H,5-6,10-11,14-15,17-20H2,1H3,(H,32,37)(H,33,36). The molecule has 4 rings (SSSR count). The normalized spacial score (nSPS) is 23.1. The molecule has 2 amide bonds. The molecule has 0 bridgehead atoms. The Balaban J connectivity index is 1.30. The maximum atomic E-state index is 13.3. The van der Waals surface area contributed by atoms with Gasteiger partial charge < -0.3 is 20.5 Å². The van der Waals surface area contributed by atoms with Crippen LogP contribution in [0.5, 0.6) is 5.75 Å². The van der Waals surface area contributed by atoms with Gasteiger partial charge in [0.05, 0.1) is 18.7 Å². The molecule has 1 saturated heterocycles. The molecular weight excluding hydrogens is 485 g/mol. The topological polar surface area (TPSA) is 90.9 Å². The summed E-state index contributed by atoms with van der Waals surface area (Å²) >= 11 is 0. The highest BCUT2D eigenvalue weighted by atomic mass is 19.1.